The zero-order chi connectivity index (χ0) is 22.6. The molecule has 0 aromatic carbocycles. The molecule has 2 N–H and O–H groups in total. The van der Waals surface area contributed by atoms with Gasteiger partial charge in [-0.1, -0.05) is 52.3 Å². The van der Waals surface area contributed by atoms with Crippen LogP contribution in [0, 0.1) is 46.3 Å². The van der Waals surface area contributed by atoms with Crippen LogP contribution in [0.25, 0.3) is 0 Å². The summed E-state index contributed by atoms with van der Waals surface area (Å²) in [7, 11) is 0. The number of rotatable bonds is 6. The number of aliphatic hydroxyl groups is 2. The maximum absolute atomic E-state index is 11.0. The van der Waals surface area contributed by atoms with Crippen LogP contribution in [-0.4, -0.2) is 21.9 Å². The highest BCUT2D eigenvalue weighted by Gasteiger charge is 2.59. The molecule has 0 heterocycles. The van der Waals surface area contributed by atoms with E-state index in [4.69, 9.17) is 0 Å². The fraction of sp³-hybridized carbons (Fsp3) is 0.862. The van der Waals surface area contributed by atoms with Gasteiger partial charge in [-0.15, -0.1) is 6.58 Å². The van der Waals surface area contributed by atoms with Crippen molar-refractivity contribution in [1.82, 2.24) is 0 Å². The summed E-state index contributed by atoms with van der Waals surface area (Å²) in [6, 6.07) is 0. The summed E-state index contributed by atoms with van der Waals surface area (Å²) in [4.78, 5) is 0. The zero-order valence-electron chi connectivity index (χ0n) is 20.9. The fourth-order valence-electron chi connectivity index (χ4n) is 8.90. The van der Waals surface area contributed by atoms with Crippen molar-refractivity contribution in [3.05, 3.63) is 24.3 Å². The predicted molar refractivity (Wildman–Crippen MR) is 130 cm³/mol. The summed E-state index contributed by atoms with van der Waals surface area (Å²) < 4.78 is 0. The minimum absolute atomic E-state index is 0.110. The van der Waals surface area contributed by atoms with Crippen molar-refractivity contribution in [3.8, 4) is 0 Å². The highest BCUT2D eigenvalue weighted by atomic mass is 16.3. The fourth-order valence-corrected chi connectivity index (χ4v) is 8.90. The van der Waals surface area contributed by atoms with Gasteiger partial charge in [0.1, 0.15) is 0 Å². The van der Waals surface area contributed by atoms with Gasteiger partial charge in [-0.25, -0.2) is 0 Å². The van der Waals surface area contributed by atoms with E-state index in [1.807, 2.05) is 0 Å². The molecule has 0 aliphatic heterocycles. The summed E-state index contributed by atoms with van der Waals surface area (Å²) in [5.74, 6) is 4.17. The molecule has 0 radical (unpaired) electrons. The van der Waals surface area contributed by atoms with E-state index in [0.29, 0.717) is 16.7 Å². The summed E-state index contributed by atoms with van der Waals surface area (Å²) in [5.41, 5.74) is 1.65. The van der Waals surface area contributed by atoms with Crippen LogP contribution >= 0.6 is 0 Å². The Kier molecular flexibility index (Phi) is 6.32. The summed E-state index contributed by atoms with van der Waals surface area (Å²) in [6.07, 6.45) is 16.0. The van der Waals surface area contributed by atoms with Gasteiger partial charge in [0.05, 0.1) is 11.7 Å². The van der Waals surface area contributed by atoms with Gasteiger partial charge in [-0.05, 0) is 111 Å². The van der Waals surface area contributed by atoms with Gasteiger partial charge in [0.2, 0.25) is 0 Å². The Morgan fingerprint density at radius 2 is 1.87 bits per heavy atom. The monoisotopic (exact) mass is 428 g/mol. The topological polar surface area (TPSA) is 40.5 Å². The van der Waals surface area contributed by atoms with Crippen molar-refractivity contribution in [1.29, 1.82) is 0 Å². The van der Waals surface area contributed by atoms with E-state index < -0.39 is 5.60 Å². The van der Waals surface area contributed by atoms with Gasteiger partial charge in [-0.3, -0.25) is 0 Å². The smallest absolute Gasteiger partial charge is 0.0847 e. The molecule has 4 aliphatic carbocycles. The lowest BCUT2D eigenvalue weighted by atomic mass is 9.47. The average molecular weight is 429 g/mol. The first kappa shape index (κ1) is 23.6. The van der Waals surface area contributed by atoms with Gasteiger partial charge in [-0.2, -0.15) is 0 Å². The molecule has 0 spiro atoms. The molecule has 0 bridgehead atoms. The summed E-state index contributed by atoms with van der Waals surface area (Å²) >= 11 is 0. The van der Waals surface area contributed by atoms with Crippen LogP contribution in [0.5, 0.6) is 0 Å². The van der Waals surface area contributed by atoms with E-state index in [1.54, 1.807) is 11.6 Å². The summed E-state index contributed by atoms with van der Waals surface area (Å²) in [6.45, 7) is 15.7. The van der Waals surface area contributed by atoms with Crippen molar-refractivity contribution in [2.75, 3.05) is 0 Å². The second-order valence-corrected chi connectivity index (χ2v) is 12.8. The maximum atomic E-state index is 11.0. The number of hydrogen-bond donors (Lipinski definition) is 2. The third-order valence-electron chi connectivity index (χ3n) is 11.2. The van der Waals surface area contributed by atoms with Gasteiger partial charge < -0.3 is 10.2 Å². The molecule has 4 unspecified atom stereocenters. The minimum atomic E-state index is -0.727. The lowest BCUT2D eigenvalue weighted by molar-refractivity contribution is -0.0590. The van der Waals surface area contributed by atoms with Crippen molar-refractivity contribution in [3.63, 3.8) is 0 Å². The average Bonchev–Trinajstić information content (AvgIpc) is 3.09. The molecule has 31 heavy (non-hydrogen) atoms. The Bertz CT molecular complexity index is 710. The van der Waals surface area contributed by atoms with Crippen LogP contribution in [0.15, 0.2) is 24.3 Å². The molecule has 4 aliphatic rings. The SMILES string of the molecule is C=C[C@@](O)(CC[C@@H](C)C1CCC2C3CC=C4C[C@@H](O)CC[C@]4(C)C3CC[C@@]21C)C(C)C. The maximum Gasteiger partial charge on any atom is 0.0847 e. The number of aliphatic hydroxyl groups excluding tert-OH is 1. The molecule has 0 aromatic heterocycles. The second kappa shape index (κ2) is 8.32. The molecule has 0 amide bonds. The molecule has 3 saturated carbocycles. The number of allylic oxidation sites excluding steroid dienone is 1. The molecule has 0 aromatic rings. The van der Waals surface area contributed by atoms with E-state index in [1.165, 1.54) is 38.5 Å². The molecular formula is C29H48O2. The van der Waals surface area contributed by atoms with Crippen molar-refractivity contribution >= 4 is 0 Å². The highest BCUT2D eigenvalue weighted by Crippen LogP contribution is 2.67. The Labute approximate surface area is 191 Å². The minimum Gasteiger partial charge on any atom is -0.393 e. The van der Waals surface area contributed by atoms with E-state index in [0.717, 1.165) is 49.4 Å². The molecule has 3 fully saturated rings. The van der Waals surface area contributed by atoms with E-state index in [-0.39, 0.29) is 12.0 Å². The van der Waals surface area contributed by atoms with Crippen LogP contribution in [0.1, 0.15) is 98.8 Å². The first-order valence-electron chi connectivity index (χ1n) is 13.3. The largest absolute Gasteiger partial charge is 0.393 e. The third-order valence-corrected chi connectivity index (χ3v) is 11.2. The van der Waals surface area contributed by atoms with Gasteiger partial charge in [0.25, 0.3) is 0 Å². The molecule has 9 atom stereocenters. The van der Waals surface area contributed by atoms with Crippen LogP contribution in [-0.2, 0) is 0 Å². The predicted octanol–water partition coefficient (Wildman–Crippen LogP) is 6.92. The Morgan fingerprint density at radius 1 is 1.13 bits per heavy atom. The Balaban J connectivity index is 1.49. The van der Waals surface area contributed by atoms with Crippen LogP contribution in [0.4, 0.5) is 0 Å². The Hall–Kier alpha value is -0.600. The van der Waals surface area contributed by atoms with Gasteiger partial charge in [0.15, 0.2) is 0 Å². The van der Waals surface area contributed by atoms with E-state index in [9.17, 15) is 10.2 Å². The molecule has 2 nitrogen and oxygen atoms in total. The normalized spacial score (nSPS) is 45.2. The zero-order valence-corrected chi connectivity index (χ0v) is 20.9. The highest BCUT2D eigenvalue weighted by molar-refractivity contribution is 5.25. The van der Waals surface area contributed by atoms with Crippen LogP contribution in [0.3, 0.4) is 0 Å². The number of hydrogen-bond acceptors (Lipinski definition) is 2. The first-order chi connectivity index (χ1) is 14.5. The third kappa shape index (κ3) is 3.78. The standard InChI is InChI=1S/C29H48O2/c1-7-29(31,19(2)3)17-12-20(4)24-10-11-25-23-9-8-21-18-22(30)13-15-27(21,5)26(23)14-16-28(24,25)6/h7-8,19-20,22-26,30-31H,1,9-18H2,2-6H3/t20-,22+,23?,24?,25?,26?,27+,28-,29-/m1/s1. The second-order valence-electron chi connectivity index (χ2n) is 12.8. The van der Waals surface area contributed by atoms with Crippen molar-refractivity contribution < 1.29 is 10.2 Å². The summed E-state index contributed by atoms with van der Waals surface area (Å²) in [5, 5.41) is 21.2. The quantitative estimate of drug-likeness (QED) is 0.451. The van der Waals surface area contributed by atoms with E-state index in [2.05, 4.69) is 47.3 Å². The van der Waals surface area contributed by atoms with Gasteiger partial charge >= 0.3 is 0 Å². The van der Waals surface area contributed by atoms with Crippen molar-refractivity contribution in [2.45, 2.75) is 111 Å². The lowest BCUT2D eigenvalue weighted by Crippen LogP contribution is -2.50. The number of fused-ring (bicyclic) bond motifs is 5. The van der Waals surface area contributed by atoms with Crippen LogP contribution < -0.4 is 0 Å². The van der Waals surface area contributed by atoms with Crippen molar-refractivity contribution in [2.24, 2.45) is 46.3 Å². The first-order valence-corrected chi connectivity index (χ1v) is 13.3. The van der Waals surface area contributed by atoms with Gasteiger partial charge in [0, 0.05) is 0 Å². The molecule has 176 valence electrons. The molecule has 0 saturated heterocycles. The molecule has 4 rings (SSSR count). The molecule has 2 heteroatoms. The lowest BCUT2D eigenvalue weighted by Gasteiger charge is -2.58. The van der Waals surface area contributed by atoms with E-state index >= 15 is 0 Å². The van der Waals surface area contributed by atoms with Crippen LogP contribution in [0.2, 0.25) is 0 Å². The Morgan fingerprint density at radius 3 is 2.55 bits per heavy atom. The molecular weight excluding hydrogens is 380 g/mol.